The molecule has 1 aliphatic rings. The van der Waals surface area contributed by atoms with E-state index in [1.54, 1.807) is 12.1 Å². The molecule has 16 heavy (non-hydrogen) atoms. The molecule has 0 aromatic heterocycles. The zero-order chi connectivity index (χ0) is 11.6. The number of benzene rings is 1. The number of ether oxygens (including phenoxy) is 1. The molecule has 0 spiro atoms. The second-order valence-electron chi connectivity index (χ2n) is 3.87. The topological polar surface area (TPSA) is 43.4 Å². The summed E-state index contributed by atoms with van der Waals surface area (Å²) in [4.78, 5) is 0.140. The second-order valence-corrected chi connectivity index (χ2v) is 6.43. The van der Waals surface area contributed by atoms with Crippen LogP contribution in [0.25, 0.3) is 0 Å². The molecular weight excluding hydrogens is 248 g/mol. The molecule has 1 aliphatic heterocycles. The van der Waals surface area contributed by atoms with Crippen molar-refractivity contribution >= 4 is 19.7 Å². The van der Waals surface area contributed by atoms with Crippen molar-refractivity contribution in [3.63, 3.8) is 0 Å². The van der Waals surface area contributed by atoms with Crippen LogP contribution in [0.15, 0.2) is 29.2 Å². The summed E-state index contributed by atoms with van der Waals surface area (Å²) in [6, 6.07) is 6.66. The van der Waals surface area contributed by atoms with Crippen LogP contribution in [0.1, 0.15) is 30.9 Å². The van der Waals surface area contributed by atoms with E-state index in [9.17, 15) is 8.42 Å². The maximum atomic E-state index is 11.2. The highest BCUT2D eigenvalue weighted by atomic mass is 35.7. The van der Waals surface area contributed by atoms with Crippen LogP contribution in [0.4, 0.5) is 0 Å². The van der Waals surface area contributed by atoms with Crippen molar-refractivity contribution in [2.45, 2.75) is 30.3 Å². The molecule has 3 nitrogen and oxygen atoms in total. The molecule has 88 valence electrons. The Kier molecular flexibility index (Phi) is 3.52. The molecule has 0 aliphatic carbocycles. The molecule has 1 heterocycles. The van der Waals surface area contributed by atoms with Gasteiger partial charge in [0.15, 0.2) is 0 Å². The maximum absolute atomic E-state index is 11.2. The van der Waals surface area contributed by atoms with Crippen LogP contribution < -0.4 is 0 Å². The second kappa shape index (κ2) is 4.73. The van der Waals surface area contributed by atoms with Gasteiger partial charge in [-0.3, -0.25) is 0 Å². The van der Waals surface area contributed by atoms with Crippen LogP contribution in [-0.4, -0.2) is 15.0 Å². The fourth-order valence-corrected chi connectivity index (χ4v) is 2.68. The number of rotatable bonds is 2. The van der Waals surface area contributed by atoms with Gasteiger partial charge < -0.3 is 4.74 Å². The average molecular weight is 261 g/mol. The predicted molar refractivity (Wildman–Crippen MR) is 62.0 cm³/mol. The Hall–Kier alpha value is -0.580. The van der Waals surface area contributed by atoms with E-state index in [0.717, 1.165) is 31.4 Å². The minimum atomic E-state index is -3.65. The highest BCUT2D eigenvalue weighted by Gasteiger charge is 2.18. The Labute approximate surface area is 99.8 Å². The molecule has 0 bridgehead atoms. The monoisotopic (exact) mass is 260 g/mol. The normalized spacial score (nSPS) is 21.9. The number of hydrogen-bond acceptors (Lipinski definition) is 3. The van der Waals surface area contributed by atoms with E-state index < -0.39 is 9.05 Å². The van der Waals surface area contributed by atoms with Gasteiger partial charge in [-0.1, -0.05) is 12.1 Å². The lowest BCUT2D eigenvalue weighted by Crippen LogP contribution is -2.11. The van der Waals surface area contributed by atoms with Gasteiger partial charge in [-0.05, 0) is 37.0 Å². The molecule has 0 saturated carbocycles. The van der Waals surface area contributed by atoms with Crippen molar-refractivity contribution in [1.29, 1.82) is 0 Å². The zero-order valence-corrected chi connectivity index (χ0v) is 10.3. The molecule has 1 aromatic rings. The first-order valence-corrected chi connectivity index (χ1v) is 7.54. The molecule has 5 heteroatoms. The minimum absolute atomic E-state index is 0.00659. The molecule has 0 radical (unpaired) electrons. The third-order valence-electron chi connectivity index (χ3n) is 2.69. The molecule has 1 aromatic carbocycles. The minimum Gasteiger partial charge on any atom is -0.374 e. The Balaban J connectivity index is 2.28. The van der Waals surface area contributed by atoms with Crippen molar-refractivity contribution in [3.8, 4) is 0 Å². The fourth-order valence-electron chi connectivity index (χ4n) is 1.87. The van der Waals surface area contributed by atoms with Crippen molar-refractivity contribution in [3.05, 3.63) is 29.8 Å². The summed E-state index contributed by atoms with van der Waals surface area (Å²) in [5, 5.41) is 0. The van der Waals surface area contributed by atoms with Crippen molar-refractivity contribution in [2.24, 2.45) is 0 Å². The lowest BCUT2D eigenvalue weighted by Gasteiger charge is -2.23. The van der Waals surface area contributed by atoms with E-state index in [1.165, 1.54) is 6.07 Å². The Morgan fingerprint density at radius 3 is 2.75 bits per heavy atom. The fraction of sp³-hybridized carbons (Fsp3) is 0.455. The van der Waals surface area contributed by atoms with E-state index in [4.69, 9.17) is 15.4 Å². The van der Waals surface area contributed by atoms with E-state index in [2.05, 4.69) is 0 Å². The summed E-state index contributed by atoms with van der Waals surface area (Å²) in [5.41, 5.74) is 0.890. The SMILES string of the molecule is O=S(=O)(Cl)c1cccc(C2CCCCO2)c1. The predicted octanol–water partition coefficient (Wildman–Crippen LogP) is 2.86. The standard InChI is InChI=1S/C11H13ClO3S/c12-16(13,14)10-5-3-4-9(8-10)11-6-1-2-7-15-11/h3-5,8,11H,1-2,6-7H2. The summed E-state index contributed by atoms with van der Waals surface area (Å²) < 4.78 is 28.0. The van der Waals surface area contributed by atoms with E-state index in [0.29, 0.717) is 0 Å². The van der Waals surface area contributed by atoms with Crippen LogP contribution >= 0.6 is 10.7 Å². The van der Waals surface area contributed by atoms with Crippen LogP contribution in [0.2, 0.25) is 0 Å². The third kappa shape index (κ3) is 2.75. The summed E-state index contributed by atoms with van der Waals surface area (Å²) in [6.45, 7) is 0.739. The van der Waals surface area contributed by atoms with Crippen molar-refractivity contribution in [2.75, 3.05) is 6.61 Å². The summed E-state index contributed by atoms with van der Waals surface area (Å²) in [5.74, 6) is 0. The first kappa shape index (κ1) is 11.9. The Morgan fingerprint density at radius 2 is 2.12 bits per heavy atom. The van der Waals surface area contributed by atoms with Crippen LogP contribution in [-0.2, 0) is 13.8 Å². The van der Waals surface area contributed by atoms with Gasteiger partial charge in [-0.2, -0.15) is 0 Å². The van der Waals surface area contributed by atoms with Crippen LogP contribution in [0, 0.1) is 0 Å². The molecule has 1 unspecified atom stereocenters. The van der Waals surface area contributed by atoms with Crippen LogP contribution in [0.3, 0.4) is 0 Å². The lowest BCUT2D eigenvalue weighted by molar-refractivity contribution is 0.0148. The third-order valence-corrected chi connectivity index (χ3v) is 4.04. The molecule has 1 fully saturated rings. The lowest BCUT2D eigenvalue weighted by atomic mass is 10.0. The first-order chi connectivity index (χ1) is 7.57. The first-order valence-electron chi connectivity index (χ1n) is 5.23. The largest absolute Gasteiger partial charge is 0.374 e. The molecule has 0 amide bonds. The average Bonchev–Trinajstić information content (AvgIpc) is 2.29. The quantitative estimate of drug-likeness (QED) is 0.768. The molecule has 1 saturated heterocycles. The van der Waals surface area contributed by atoms with Gasteiger partial charge >= 0.3 is 0 Å². The molecule has 0 N–H and O–H groups in total. The van der Waals surface area contributed by atoms with Gasteiger partial charge in [-0.25, -0.2) is 8.42 Å². The van der Waals surface area contributed by atoms with E-state index in [1.807, 2.05) is 6.07 Å². The summed E-state index contributed by atoms with van der Waals surface area (Å²) in [7, 11) is 1.65. The number of halogens is 1. The maximum Gasteiger partial charge on any atom is 0.261 e. The van der Waals surface area contributed by atoms with E-state index in [-0.39, 0.29) is 11.0 Å². The van der Waals surface area contributed by atoms with Gasteiger partial charge in [-0.15, -0.1) is 0 Å². The molecular formula is C11H13ClO3S. The molecule has 1 atom stereocenters. The summed E-state index contributed by atoms with van der Waals surface area (Å²) >= 11 is 0. The van der Waals surface area contributed by atoms with Gasteiger partial charge in [0.25, 0.3) is 9.05 Å². The summed E-state index contributed by atoms with van der Waals surface area (Å²) in [6.07, 6.45) is 3.13. The zero-order valence-electron chi connectivity index (χ0n) is 8.73. The van der Waals surface area contributed by atoms with Crippen LogP contribution in [0.5, 0.6) is 0 Å². The van der Waals surface area contributed by atoms with Gasteiger partial charge in [0, 0.05) is 17.3 Å². The van der Waals surface area contributed by atoms with Gasteiger partial charge in [0.2, 0.25) is 0 Å². The molecule has 2 rings (SSSR count). The Bertz CT molecular complexity index is 464. The highest BCUT2D eigenvalue weighted by Crippen LogP contribution is 2.29. The number of hydrogen-bond donors (Lipinski definition) is 0. The van der Waals surface area contributed by atoms with Gasteiger partial charge in [0.05, 0.1) is 11.0 Å². The highest BCUT2D eigenvalue weighted by molar-refractivity contribution is 8.13. The van der Waals surface area contributed by atoms with Gasteiger partial charge in [0.1, 0.15) is 0 Å². The van der Waals surface area contributed by atoms with Crippen molar-refractivity contribution in [1.82, 2.24) is 0 Å². The Morgan fingerprint density at radius 1 is 1.31 bits per heavy atom. The van der Waals surface area contributed by atoms with E-state index >= 15 is 0 Å². The smallest absolute Gasteiger partial charge is 0.261 e. The van der Waals surface area contributed by atoms with Crippen molar-refractivity contribution < 1.29 is 13.2 Å².